The Hall–Kier alpha value is -1.77. The van der Waals surface area contributed by atoms with E-state index in [1.165, 1.54) is 4.90 Å². The molecule has 1 aromatic rings. The second-order valence-corrected chi connectivity index (χ2v) is 9.54. The number of hydrogen-bond donors (Lipinski definition) is 0. The van der Waals surface area contributed by atoms with Gasteiger partial charge >= 0.3 is 6.18 Å². The Bertz CT molecular complexity index is 777. The average Bonchev–Trinajstić information content (AvgIpc) is 2.67. The minimum atomic E-state index is -4.79. The van der Waals surface area contributed by atoms with Crippen LogP contribution in [0.25, 0.3) is 0 Å². The number of nitro groups is 1. The van der Waals surface area contributed by atoms with Gasteiger partial charge in [-0.1, -0.05) is 33.1 Å². The topological polar surface area (TPSA) is 63.5 Å². The van der Waals surface area contributed by atoms with Crippen LogP contribution in [0.4, 0.5) is 18.9 Å². The van der Waals surface area contributed by atoms with Crippen LogP contribution in [-0.4, -0.2) is 33.1 Å². The average molecular weight is 447 g/mol. The van der Waals surface area contributed by atoms with Gasteiger partial charge in [0.2, 0.25) is 0 Å². The fourth-order valence-corrected chi connectivity index (χ4v) is 4.88. The van der Waals surface area contributed by atoms with Crippen molar-refractivity contribution in [3.05, 3.63) is 33.4 Å². The summed E-state index contributed by atoms with van der Waals surface area (Å²) in [6.45, 7) is 7.18. The summed E-state index contributed by atoms with van der Waals surface area (Å²) in [5.74, 6) is -0.785. The fourth-order valence-electron chi connectivity index (χ4n) is 3.84. The van der Waals surface area contributed by atoms with E-state index in [1.807, 2.05) is 6.92 Å². The Morgan fingerprint density at radius 2 is 1.83 bits per heavy atom. The molecule has 1 fully saturated rings. The first kappa shape index (κ1) is 24.5. The van der Waals surface area contributed by atoms with Crippen LogP contribution in [0.2, 0.25) is 0 Å². The van der Waals surface area contributed by atoms with E-state index < -0.39 is 33.8 Å². The highest BCUT2D eigenvalue weighted by Crippen LogP contribution is 2.42. The van der Waals surface area contributed by atoms with Crippen molar-refractivity contribution in [2.75, 3.05) is 0 Å². The normalized spacial score (nSPS) is 16.5. The monoisotopic (exact) mass is 446 g/mol. The number of nitro benzene ring substituents is 1. The van der Waals surface area contributed by atoms with E-state index >= 15 is 0 Å². The Morgan fingerprint density at radius 3 is 2.30 bits per heavy atom. The van der Waals surface area contributed by atoms with E-state index in [1.54, 1.807) is 20.8 Å². The zero-order valence-electron chi connectivity index (χ0n) is 17.8. The van der Waals surface area contributed by atoms with Crippen molar-refractivity contribution in [2.24, 2.45) is 0 Å². The summed E-state index contributed by atoms with van der Waals surface area (Å²) in [6.07, 6.45) is 0.185. The zero-order valence-corrected chi connectivity index (χ0v) is 18.6. The smallest absolute Gasteiger partial charge is 0.333 e. The van der Waals surface area contributed by atoms with Gasteiger partial charge in [-0.2, -0.15) is 13.2 Å². The molecule has 1 atom stereocenters. The van der Waals surface area contributed by atoms with E-state index in [2.05, 4.69) is 0 Å². The van der Waals surface area contributed by atoms with E-state index in [4.69, 9.17) is 0 Å². The van der Waals surface area contributed by atoms with Crippen molar-refractivity contribution in [1.29, 1.82) is 0 Å². The number of hydrogen-bond acceptors (Lipinski definition) is 4. The number of amides is 1. The van der Waals surface area contributed by atoms with Crippen LogP contribution in [0, 0.1) is 10.1 Å². The van der Waals surface area contributed by atoms with Gasteiger partial charge in [0.1, 0.15) is 0 Å². The van der Waals surface area contributed by atoms with Gasteiger partial charge in [-0.15, -0.1) is 11.8 Å². The second-order valence-electron chi connectivity index (χ2n) is 8.06. The van der Waals surface area contributed by atoms with Gasteiger partial charge in [0.15, 0.2) is 0 Å². The first-order valence-corrected chi connectivity index (χ1v) is 11.2. The third-order valence-corrected chi connectivity index (χ3v) is 6.81. The lowest BCUT2D eigenvalue weighted by Gasteiger charge is -2.38. The maximum Gasteiger partial charge on any atom is 0.417 e. The fraction of sp³-hybridized carbons (Fsp3) is 0.667. The maximum atomic E-state index is 13.9. The van der Waals surface area contributed by atoms with Gasteiger partial charge in [-0.05, 0) is 39.2 Å². The van der Waals surface area contributed by atoms with E-state index in [9.17, 15) is 28.1 Å². The van der Waals surface area contributed by atoms with Crippen molar-refractivity contribution in [1.82, 2.24) is 4.90 Å². The summed E-state index contributed by atoms with van der Waals surface area (Å²) >= 11 is 1.03. The Balaban J connectivity index is 2.61. The number of carbonyl (C=O) groups excluding carboxylic acids is 1. The number of halogens is 3. The minimum Gasteiger partial charge on any atom is -0.333 e. The molecule has 0 radical (unpaired) electrons. The minimum absolute atomic E-state index is 0.0630. The van der Waals surface area contributed by atoms with Crippen molar-refractivity contribution >= 4 is 23.4 Å². The van der Waals surface area contributed by atoms with Crippen molar-refractivity contribution in [2.45, 2.75) is 94.6 Å². The predicted octanol–water partition coefficient (Wildman–Crippen LogP) is 6.69. The largest absolute Gasteiger partial charge is 0.417 e. The van der Waals surface area contributed by atoms with Gasteiger partial charge in [0.05, 0.1) is 20.9 Å². The molecule has 0 bridgehead atoms. The number of benzene rings is 1. The zero-order chi connectivity index (χ0) is 22.6. The first-order chi connectivity index (χ1) is 14.0. The third-order valence-electron chi connectivity index (χ3n) is 5.49. The molecule has 0 spiro atoms. The second kappa shape index (κ2) is 10.0. The molecule has 1 aliphatic carbocycles. The lowest BCUT2D eigenvalue weighted by atomic mass is 9.92. The summed E-state index contributed by atoms with van der Waals surface area (Å²) in [5.41, 5.74) is -2.20. The first-order valence-electron chi connectivity index (χ1n) is 10.4. The molecule has 0 aromatic heterocycles. The molecular weight excluding hydrogens is 417 g/mol. The number of rotatable bonds is 7. The molecular formula is C21H29F3N2O3S. The summed E-state index contributed by atoms with van der Waals surface area (Å²) in [7, 11) is 0. The van der Waals surface area contributed by atoms with Gasteiger partial charge < -0.3 is 4.90 Å². The molecule has 1 aromatic carbocycles. The van der Waals surface area contributed by atoms with Crippen LogP contribution < -0.4 is 0 Å². The lowest BCUT2D eigenvalue weighted by Crippen LogP contribution is -2.46. The molecule has 1 aliphatic rings. The molecule has 1 unspecified atom stereocenters. The van der Waals surface area contributed by atoms with Gasteiger partial charge in [-0.25, -0.2) is 0 Å². The van der Waals surface area contributed by atoms with Crippen molar-refractivity contribution in [3.8, 4) is 0 Å². The standard InChI is InChI=1S/C21H29F3N2O3S/c1-5-14(4)30-19-12-17(21(22,23)24)16(11-18(19)26(28)29)20(27)25(13(2)3)15-9-7-6-8-10-15/h11-15H,5-10H2,1-4H3. The van der Waals surface area contributed by atoms with Crippen LogP contribution >= 0.6 is 11.8 Å². The van der Waals surface area contributed by atoms with Crippen LogP contribution in [0.3, 0.4) is 0 Å². The molecule has 168 valence electrons. The highest BCUT2D eigenvalue weighted by Gasteiger charge is 2.40. The van der Waals surface area contributed by atoms with E-state index in [0.29, 0.717) is 6.42 Å². The molecule has 1 amide bonds. The molecule has 0 heterocycles. The van der Waals surface area contributed by atoms with Gasteiger partial charge in [-0.3, -0.25) is 14.9 Å². The Morgan fingerprint density at radius 1 is 1.23 bits per heavy atom. The summed E-state index contributed by atoms with van der Waals surface area (Å²) in [5, 5.41) is 11.5. The molecule has 0 N–H and O–H groups in total. The van der Waals surface area contributed by atoms with Crippen LogP contribution in [0.15, 0.2) is 17.0 Å². The summed E-state index contributed by atoms with van der Waals surface area (Å²) in [6, 6.07) is 1.14. The molecule has 30 heavy (non-hydrogen) atoms. The summed E-state index contributed by atoms with van der Waals surface area (Å²) < 4.78 is 41.7. The predicted molar refractivity (Wildman–Crippen MR) is 112 cm³/mol. The Labute approximate surface area is 179 Å². The van der Waals surface area contributed by atoms with E-state index in [-0.39, 0.29) is 22.2 Å². The quantitative estimate of drug-likeness (QED) is 0.266. The van der Waals surface area contributed by atoms with Crippen LogP contribution in [0.5, 0.6) is 0 Å². The lowest BCUT2D eigenvalue weighted by molar-refractivity contribution is -0.387. The van der Waals surface area contributed by atoms with Crippen molar-refractivity contribution < 1.29 is 22.9 Å². The molecule has 2 rings (SSSR count). The third kappa shape index (κ3) is 5.68. The number of carbonyl (C=O) groups is 1. The van der Waals surface area contributed by atoms with Gasteiger partial charge in [0, 0.05) is 23.4 Å². The highest BCUT2D eigenvalue weighted by molar-refractivity contribution is 8.00. The molecule has 5 nitrogen and oxygen atoms in total. The maximum absolute atomic E-state index is 13.9. The van der Waals surface area contributed by atoms with Gasteiger partial charge in [0.25, 0.3) is 11.6 Å². The van der Waals surface area contributed by atoms with Crippen molar-refractivity contribution in [3.63, 3.8) is 0 Å². The molecule has 0 saturated heterocycles. The molecule has 0 aliphatic heterocycles. The number of thioether (sulfide) groups is 1. The number of alkyl halides is 3. The molecule has 9 heteroatoms. The Kier molecular flexibility index (Phi) is 8.19. The highest BCUT2D eigenvalue weighted by atomic mass is 32.2. The molecule has 1 saturated carbocycles. The summed E-state index contributed by atoms with van der Waals surface area (Å²) in [4.78, 5) is 25.6. The van der Waals surface area contributed by atoms with Crippen LogP contribution in [-0.2, 0) is 6.18 Å². The van der Waals surface area contributed by atoms with E-state index in [0.717, 1.165) is 56.0 Å². The SMILES string of the molecule is CCC(C)Sc1cc(C(F)(F)F)c(C(=O)N(C(C)C)C2CCCCC2)cc1[N+](=O)[O-]. The van der Waals surface area contributed by atoms with Crippen LogP contribution in [0.1, 0.15) is 82.1 Å². The number of nitrogens with zero attached hydrogens (tertiary/aromatic N) is 2.